The number of rotatable bonds is 4. The zero-order valence-electron chi connectivity index (χ0n) is 8.08. The molecule has 0 radical (unpaired) electrons. The first kappa shape index (κ1) is 12.9. The van der Waals surface area contributed by atoms with Gasteiger partial charge in [-0.15, -0.1) is 0 Å². The molecule has 0 saturated heterocycles. The smallest absolute Gasteiger partial charge is 0.307 e. The molecule has 1 atom stereocenters. The van der Waals surface area contributed by atoms with Crippen LogP contribution in [0.2, 0.25) is 0 Å². The monoisotopic (exact) mass is 250 g/mol. The van der Waals surface area contributed by atoms with Crippen LogP contribution in [0.3, 0.4) is 0 Å². The van der Waals surface area contributed by atoms with Gasteiger partial charge in [0.25, 0.3) is 0 Å². The maximum Gasteiger partial charge on any atom is 0.307 e. The van der Waals surface area contributed by atoms with E-state index in [1.165, 1.54) is 0 Å². The second-order valence-electron chi connectivity index (χ2n) is 3.30. The number of thiol groups is 1. The molecule has 0 aliphatic carbocycles. The van der Waals surface area contributed by atoms with E-state index in [4.69, 9.17) is 5.11 Å². The van der Waals surface area contributed by atoms with E-state index in [0.29, 0.717) is 0 Å². The first-order chi connectivity index (χ1) is 7.45. The summed E-state index contributed by atoms with van der Waals surface area (Å²) in [4.78, 5) is 10.7. The summed E-state index contributed by atoms with van der Waals surface area (Å²) in [6, 6.07) is 1.58. The minimum absolute atomic E-state index is 0.0376. The third-order valence-electron chi connectivity index (χ3n) is 2.10. The van der Waals surface area contributed by atoms with Crippen LogP contribution in [0.25, 0.3) is 0 Å². The highest BCUT2D eigenvalue weighted by atomic mass is 32.1. The average Bonchev–Trinajstić information content (AvgIpc) is 2.21. The molecule has 1 aromatic carbocycles. The number of hydrogen-bond acceptors (Lipinski definition) is 2. The van der Waals surface area contributed by atoms with E-state index < -0.39 is 29.3 Å². The van der Waals surface area contributed by atoms with Gasteiger partial charge >= 0.3 is 5.97 Å². The van der Waals surface area contributed by atoms with E-state index in [1.807, 2.05) is 0 Å². The summed E-state index contributed by atoms with van der Waals surface area (Å²) in [5, 5.41) is 8.72. The quantitative estimate of drug-likeness (QED) is 0.635. The van der Waals surface area contributed by atoms with Gasteiger partial charge in [-0.3, -0.25) is 4.79 Å². The Balaban J connectivity index is 2.93. The summed E-state index contributed by atoms with van der Waals surface area (Å²) in [5.41, 5.74) is 0.0952. The molecular weight excluding hydrogens is 241 g/mol. The van der Waals surface area contributed by atoms with Gasteiger partial charge < -0.3 is 5.11 Å². The normalized spacial score (nSPS) is 12.5. The first-order valence-corrected chi connectivity index (χ1v) is 5.06. The maximum absolute atomic E-state index is 12.8. The zero-order valence-corrected chi connectivity index (χ0v) is 8.98. The summed E-state index contributed by atoms with van der Waals surface area (Å²) < 4.78 is 38.2. The van der Waals surface area contributed by atoms with Gasteiger partial charge in [0.2, 0.25) is 0 Å². The molecule has 0 amide bonds. The Bertz CT molecular complexity index is 386. The molecule has 0 aliphatic heterocycles. The lowest BCUT2D eigenvalue weighted by Gasteiger charge is -2.09. The second-order valence-corrected chi connectivity index (χ2v) is 3.66. The topological polar surface area (TPSA) is 37.3 Å². The van der Waals surface area contributed by atoms with Crippen LogP contribution in [0.5, 0.6) is 0 Å². The van der Waals surface area contributed by atoms with Gasteiger partial charge in [0, 0.05) is 5.75 Å². The van der Waals surface area contributed by atoms with E-state index in [1.54, 1.807) is 0 Å². The van der Waals surface area contributed by atoms with Crippen molar-refractivity contribution >= 4 is 18.6 Å². The number of carboxylic acids is 1. The second kappa shape index (κ2) is 5.25. The van der Waals surface area contributed by atoms with Crippen molar-refractivity contribution in [3.8, 4) is 0 Å². The Hall–Kier alpha value is -1.17. The minimum Gasteiger partial charge on any atom is -0.481 e. The molecule has 16 heavy (non-hydrogen) atoms. The summed E-state index contributed by atoms with van der Waals surface area (Å²) >= 11 is 3.81. The van der Waals surface area contributed by atoms with Gasteiger partial charge in [-0.25, -0.2) is 13.2 Å². The molecule has 0 fully saturated rings. The van der Waals surface area contributed by atoms with Crippen LogP contribution in [-0.4, -0.2) is 16.8 Å². The van der Waals surface area contributed by atoms with Crippen LogP contribution in [0.4, 0.5) is 13.2 Å². The van der Waals surface area contributed by atoms with Crippen molar-refractivity contribution in [1.29, 1.82) is 0 Å². The zero-order chi connectivity index (χ0) is 12.3. The number of hydrogen-bond donors (Lipinski definition) is 2. The molecule has 1 N–H and O–H groups in total. The molecule has 0 heterocycles. The van der Waals surface area contributed by atoms with Gasteiger partial charge in [-0.2, -0.15) is 12.6 Å². The van der Waals surface area contributed by atoms with Crippen LogP contribution in [0.1, 0.15) is 5.56 Å². The highest BCUT2D eigenvalue weighted by Crippen LogP contribution is 2.17. The fraction of sp³-hybridized carbons (Fsp3) is 0.300. The molecule has 1 rings (SSSR count). The summed E-state index contributed by atoms with van der Waals surface area (Å²) in [7, 11) is 0. The van der Waals surface area contributed by atoms with Crippen molar-refractivity contribution in [1.82, 2.24) is 0 Å². The molecule has 0 aliphatic rings. The van der Waals surface area contributed by atoms with Gasteiger partial charge in [0.05, 0.1) is 5.92 Å². The van der Waals surface area contributed by atoms with Crippen LogP contribution in [0, 0.1) is 23.4 Å². The molecule has 6 heteroatoms. The van der Waals surface area contributed by atoms with E-state index >= 15 is 0 Å². The molecule has 1 unspecified atom stereocenters. The molecule has 0 saturated carbocycles. The lowest BCUT2D eigenvalue weighted by Crippen LogP contribution is -2.18. The molecule has 88 valence electrons. The standard InChI is InChI=1S/C10H9F3O2S/c11-7-2-5(3-8(12)9(7)13)1-6(4-16)10(14)15/h2-3,6,16H,1,4H2,(H,14,15). The number of benzene rings is 1. The Morgan fingerprint density at radius 2 is 1.81 bits per heavy atom. The van der Waals surface area contributed by atoms with Crippen LogP contribution >= 0.6 is 12.6 Å². The number of carbonyl (C=O) groups is 1. The SMILES string of the molecule is O=C(O)C(CS)Cc1cc(F)c(F)c(F)c1. The first-order valence-electron chi connectivity index (χ1n) is 4.42. The third-order valence-corrected chi connectivity index (χ3v) is 2.54. The van der Waals surface area contributed by atoms with E-state index in [9.17, 15) is 18.0 Å². The molecule has 0 bridgehead atoms. The number of carboxylic acid groups (broad SMARTS) is 1. The fourth-order valence-corrected chi connectivity index (χ4v) is 1.53. The summed E-state index contributed by atoms with van der Waals surface area (Å²) in [5.74, 6) is -6.12. The van der Waals surface area contributed by atoms with Gasteiger partial charge in [0.1, 0.15) is 0 Å². The minimum atomic E-state index is -1.55. The molecular formula is C10H9F3O2S. The molecule has 2 nitrogen and oxygen atoms in total. The Kier molecular flexibility index (Phi) is 4.23. The van der Waals surface area contributed by atoms with Crippen molar-refractivity contribution in [3.05, 3.63) is 35.1 Å². The van der Waals surface area contributed by atoms with Crippen molar-refractivity contribution in [2.24, 2.45) is 5.92 Å². The van der Waals surface area contributed by atoms with Gasteiger partial charge in [0.15, 0.2) is 17.5 Å². The predicted molar refractivity (Wildman–Crippen MR) is 55.0 cm³/mol. The highest BCUT2D eigenvalue weighted by molar-refractivity contribution is 7.80. The Morgan fingerprint density at radius 3 is 2.19 bits per heavy atom. The van der Waals surface area contributed by atoms with Crippen molar-refractivity contribution < 1.29 is 23.1 Å². The largest absolute Gasteiger partial charge is 0.481 e. The van der Waals surface area contributed by atoms with Crippen LogP contribution in [0.15, 0.2) is 12.1 Å². The van der Waals surface area contributed by atoms with Gasteiger partial charge in [-0.05, 0) is 24.1 Å². The maximum atomic E-state index is 12.8. The Morgan fingerprint density at radius 1 is 1.31 bits per heavy atom. The van der Waals surface area contributed by atoms with Gasteiger partial charge in [-0.1, -0.05) is 0 Å². The number of halogens is 3. The fourth-order valence-electron chi connectivity index (χ4n) is 1.24. The predicted octanol–water partition coefficient (Wildman–Crippen LogP) is 2.28. The summed E-state index contributed by atoms with van der Waals surface area (Å²) in [6.45, 7) is 0. The van der Waals surface area contributed by atoms with Crippen LogP contribution < -0.4 is 0 Å². The third kappa shape index (κ3) is 2.91. The van der Waals surface area contributed by atoms with Crippen molar-refractivity contribution in [2.75, 3.05) is 5.75 Å². The van der Waals surface area contributed by atoms with E-state index in [-0.39, 0.29) is 17.7 Å². The number of aliphatic carboxylic acids is 1. The lowest BCUT2D eigenvalue weighted by atomic mass is 10.0. The van der Waals surface area contributed by atoms with Crippen molar-refractivity contribution in [2.45, 2.75) is 6.42 Å². The van der Waals surface area contributed by atoms with E-state index in [2.05, 4.69) is 12.6 Å². The average molecular weight is 250 g/mol. The van der Waals surface area contributed by atoms with Crippen molar-refractivity contribution in [3.63, 3.8) is 0 Å². The van der Waals surface area contributed by atoms with Crippen LogP contribution in [-0.2, 0) is 11.2 Å². The Labute approximate surface area is 95.5 Å². The molecule has 1 aromatic rings. The summed E-state index contributed by atoms with van der Waals surface area (Å²) in [6.07, 6.45) is -0.0903. The lowest BCUT2D eigenvalue weighted by molar-refractivity contribution is -0.140. The molecule has 0 spiro atoms. The highest BCUT2D eigenvalue weighted by Gasteiger charge is 2.18. The molecule has 0 aromatic heterocycles. The van der Waals surface area contributed by atoms with E-state index in [0.717, 1.165) is 12.1 Å².